The highest BCUT2D eigenvalue weighted by molar-refractivity contribution is 7.89. The molecule has 4 rings (SSSR count). The monoisotopic (exact) mass is 571 g/mol. The maximum absolute atomic E-state index is 13.9. The molecule has 1 fully saturated rings. The van der Waals surface area contributed by atoms with Gasteiger partial charge in [0.2, 0.25) is 25.9 Å². The minimum Gasteiger partial charge on any atom is -0.393 e. The molecule has 15 heteroatoms. The van der Waals surface area contributed by atoms with E-state index in [1.165, 1.54) is 42.5 Å². The lowest BCUT2D eigenvalue weighted by atomic mass is 9.92. The Balaban J connectivity index is 2.02. The van der Waals surface area contributed by atoms with Crippen molar-refractivity contribution in [2.24, 2.45) is 10.3 Å². The zero-order valence-electron chi connectivity index (χ0n) is 19.7. The highest BCUT2D eigenvalue weighted by atomic mass is 32.2. The van der Waals surface area contributed by atoms with Crippen LogP contribution in [0.25, 0.3) is 22.4 Å². The Bertz CT molecular complexity index is 1570. The largest absolute Gasteiger partial charge is 0.451 e. The minimum absolute atomic E-state index is 0.00110. The molecule has 0 bridgehead atoms. The Kier molecular flexibility index (Phi) is 7.51. The van der Waals surface area contributed by atoms with E-state index in [1.807, 2.05) is 0 Å². The topological polar surface area (TPSA) is 178 Å². The number of aliphatic hydroxyl groups is 1. The van der Waals surface area contributed by atoms with Gasteiger partial charge in [-0.1, -0.05) is 24.3 Å². The number of aromatic nitrogens is 2. The number of nitrogens with two attached hydrogens (primary N) is 2. The van der Waals surface area contributed by atoms with Gasteiger partial charge in [-0.05, 0) is 55.5 Å². The molecule has 0 radical (unpaired) electrons. The normalized spacial score (nSPS) is 18.8. The average Bonchev–Trinajstić information content (AvgIpc) is 2.83. The number of primary sulfonamides is 2. The van der Waals surface area contributed by atoms with E-state index in [2.05, 4.69) is 15.3 Å². The number of nitrogens with zero attached hydrogens (tertiary/aromatic N) is 2. The quantitative estimate of drug-likeness (QED) is 0.349. The second-order valence-electron chi connectivity index (χ2n) is 8.91. The van der Waals surface area contributed by atoms with Crippen molar-refractivity contribution in [2.45, 2.75) is 53.8 Å². The van der Waals surface area contributed by atoms with Crippen molar-refractivity contribution in [3.05, 3.63) is 54.4 Å². The second kappa shape index (κ2) is 10.2. The predicted octanol–water partition coefficient (Wildman–Crippen LogP) is 2.84. The van der Waals surface area contributed by atoms with Crippen molar-refractivity contribution >= 4 is 25.9 Å². The highest BCUT2D eigenvalue weighted by Crippen LogP contribution is 2.40. The first-order chi connectivity index (χ1) is 17.6. The smallest absolute Gasteiger partial charge is 0.393 e. The van der Waals surface area contributed by atoms with E-state index in [9.17, 15) is 35.1 Å². The summed E-state index contributed by atoms with van der Waals surface area (Å²) in [5.74, 6) is -1.73. The van der Waals surface area contributed by atoms with E-state index in [0.717, 1.165) is 6.07 Å². The van der Waals surface area contributed by atoms with Gasteiger partial charge in [0.25, 0.3) is 0 Å². The summed E-state index contributed by atoms with van der Waals surface area (Å²) < 4.78 is 89.7. The van der Waals surface area contributed by atoms with Crippen LogP contribution in [0.5, 0.6) is 0 Å². The van der Waals surface area contributed by atoms with E-state index in [0.29, 0.717) is 25.7 Å². The standard InChI is InChI=1S/C23H24F3N5O5S2/c24-23(25,26)22-30-20(14-4-2-6-18(12-14)38(28,35)36)19(13-3-1-5-17(11-13)37(27,33)34)21(31-22)29-15-7-9-16(32)10-8-15/h1-6,11-12,15-16,32H,7-10H2,(H2,27,33,34)(H2,28,35,36)(H,29,30,31). The summed E-state index contributed by atoms with van der Waals surface area (Å²) in [5, 5.41) is 23.4. The molecule has 0 aliphatic heterocycles. The maximum atomic E-state index is 13.9. The molecule has 1 heterocycles. The molecule has 2 aromatic carbocycles. The average molecular weight is 572 g/mol. The molecule has 0 spiro atoms. The van der Waals surface area contributed by atoms with Gasteiger partial charge in [-0.15, -0.1) is 0 Å². The third kappa shape index (κ3) is 6.30. The Labute approximate surface area is 217 Å². The molecule has 1 aromatic heterocycles. The minimum atomic E-state index is -4.97. The van der Waals surface area contributed by atoms with Gasteiger partial charge in [-0.2, -0.15) is 13.2 Å². The molecule has 0 atom stereocenters. The molecule has 0 amide bonds. The number of alkyl halides is 3. The van der Waals surface area contributed by atoms with Crippen LogP contribution in [0.3, 0.4) is 0 Å². The number of halogens is 3. The number of rotatable bonds is 6. The Morgan fingerprint density at radius 3 is 1.89 bits per heavy atom. The van der Waals surface area contributed by atoms with Gasteiger partial charge in [0, 0.05) is 11.6 Å². The lowest BCUT2D eigenvalue weighted by molar-refractivity contribution is -0.144. The van der Waals surface area contributed by atoms with Crippen LogP contribution in [0, 0.1) is 0 Å². The molecular formula is C23H24F3N5O5S2. The number of hydrogen-bond acceptors (Lipinski definition) is 8. The molecule has 38 heavy (non-hydrogen) atoms. The number of benzene rings is 2. The fourth-order valence-electron chi connectivity index (χ4n) is 4.24. The molecule has 1 aliphatic rings. The van der Waals surface area contributed by atoms with Crippen molar-refractivity contribution in [3.63, 3.8) is 0 Å². The first kappa shape index (κ1) is 27.9. The molecular weight excluding hydrogens is 547 g/mol. The summed E-state index contributed by atoms with van der Waals surface area (Å²) in [6.07, 6.45) is -3.75. The molecule has 204 valence electrons. The van der Waals surface area contributed by atoms with Crippen LogP contribution >= 0.6 is 0 Å². The Morgan fingerprint density at radius 1 is 0.842 bits per heavy atom. The van der Waals surface area contributed by atoms with Crippen LogP contribution in [0.15, 0.2) is 58.3 Å². The van der Waals surface area contributed by atoms with E-state index in [1.54, 1.807) is 0 Å². The number of hydrogen-bond donors (Lipinski definition) is 4. The van der Waals surface area contributed by atoms with Gasteiger partial charge in [0.05, 0.1) is 27.2 Å². The number of anilines is 1. The van der Waals surface area contributed by atoms with Crippen molar-refractivity contribution < 1.29 is 35.1 Å². The second-order valence-corrected chi connectivity index (χ2v) is 12.0. The molecule has 10 nitrogen and oxygen atoms in total. The summed E-state index contributed by atoms with van der Waals surface area (Å²) >= 11 is 0. The van der Waals surface area contributed by atoms with Gasteiger partial charge >= 0.3 is 6.18 Å². The summed E-state index contributed by atoms with van der Waals surface area (Å²) in [7, 11) is -8.39. The first-order valence-electron chi connectivity index (χ1n) is 11.3. The lowest BCUT2D eigenvalue weighted by Crippen LogP contribution is -2.29. The van der Waals surface area contributed by atoms with Crippen molar-refractivity contribution in [3.8, 4) is 22.4 Å². The van der Waals surface area contributed by atoms with Crippen LogP contribution < -0.4 is 15.6 Å². The van der Waals surface area contributed by atoms with Crippen LogP contribution in [0.2, 0.25) is 0 Å². The fourth-order valence-corrected chi connectivity index (χ4v) is 5.36. The van der Waals surface area contributed by atoms with Gasteiger partial charge in [0.15, 0.2) is 0 Å². The summed E-state index contributed by atoms with van der Waals surface area (Å²) in [4.78, 5) is 6.83. The zero-order valence-corrected chi connectivity index (χ0v) is 21.3. The van der Waals surface area contributed by atoms with Crippen LogP contribution in [0.1, 0.15) is 31.5 Å². The maximum Gasteiger partial charge on any atom is 0.451 e. The van der Waals surface area contributed by atoms with E-state index in [-0.39, 0.29) is 44.0 Å². The SMILES string of the molecule is NS(=O)(=O)c1cccc(-c2nc(C(F)(F)F)nc(NC3CCC(O)CC3)c2-c2cccc(S(N)(=O)=O)c2)c1. The molecule has 0 unspecified atom stereocenters. The van der Waals surface area contributed by atoms with Crippen molar-refractivity contribution in [1.29, 1.82) is 0 Å². The third-order valence-corrected chi connectivity index (χ3v) is 7.91. The third-order valence-electron chi connectivity index (χ3n) is 6.09. The van der Waals surface area contributed by atoms with Crippen molar-refractivity contribution in [1.82, 2.24) is 9.97 Å². The molecule has 1 saturated carbocycles. The van der Waals surface area contributed by atoms with Gasteiger partial charge in [-0.3, -0.25) is 0 Å². The summed E-state index contributed by atoms with van der Waals surface area (Å²) in [5.41, 5.74) is -0.203. The number of nitrogens with one attached hydrogen (secondary N) is 1. The molecule has 0 saturated heterocycles. The first-order valence-corrected chi connectivity index (χ1v) is 14.4. The lowest BCUT2D eigenvalue weighted by Gasteiger charge is -2.28. The molecule has 3 aromatic rings. The Morgan fingerprint density at radius 2 is 1.37 bits per heavy atom. The number of aliphatic hydroxyl groups excluding tert-OH is 1. The van der Waals surface area contributed by atoms with Crippen molar-refractivity contribution in [2.75, 3.05) is 5.32 Å². The number of sulfonamides is 2. The van der Waals surface area contributed by atoms with Crippen LogP contribution in [0.4, 0.5) is 19.0 Å². The highest BCUT2D eigenvalue weighted by Gasteiger charge is 2.37. The zero-order chi connectivity index (χ0) is 27.9. The van der Waals surface area contributed by atoms with Gasteiger partial charge in [0.1, 0.15) is 5.82 Å². The van der Waals surface area contributed by atoms with Gasteiger partial charge < -0.3 is 10.4 Å². The van der Waals surface area contributed by atoms with Crippen LogP contribution in [-0.2, 0) is 26.2 Å². The fraction of sp³-hybridized carbons (Fsp3) is 0.304. The van der Waals surface area contributed by atoms with E-state index in [4.69, 9.17) is 10.3 Å². The summed E-state index contributed by atoms with van der Waals surface area (Å²) in [6.45, 7) is 0. The molecule has 6 N–H and O–H groups in total. The van der Waals surface area contributed by atoms with Gasteiger partial charge in [-0.25, -0.2) is 37.1 Å². The van der Waals surface area contributed by atoms with E-state index < -0.39 is 38.2 Å². The summed E-state index contributed by atoms with van der Waals surface area (Å²) in [6, 6.07) is 9.75. The van der Waals surface area contributed by atoms with Crippen LogP contribution in [-0.4, -0.2) is 44.1 Å². The molecule has 1 aliphatic carbocycles. The Hall–Kier alpha value is -3.11. The van der Waals surface area contributed by atoms with E-state index >= 15 is 0 Å². The predicted molar refractivity (Wildman–Crippen MR) is 133 cm³/mol.